The van der Waals surface area contributed by atoms with Crippen molar-refractivity contribution in [2.45, 2.75) is 89.6 Å². The summed E-state index contributed by atoms with van der Waals surface area (Å²) in [5.74, 6) is -0.219. The maximum atomic E-state index is 13.0. The number of nitrogens with one attached hydrogen (secondary N) is 2. The van der Waals surface area contributed by atoms with Crippen molar-refractivity contribution in [3.8, 4) is 6.07 Å². The van der Waals surface area contributed by atoms with Crippen LogP contribution in [0, 0.1) is 22.7 Å². The van der Waals surface area contributed by atoms with Crippen molar-refractivity contribution in [3.05, 3.63) is 0 Å². The minimum absolute atomic E-state index is 0.179. The molecule has 1 heterocycles. The molecule has 3 rings (SSSR count). The number of nitrogens with zero attached hydrogens (tertiary/aromatic N) is 2. The monoisotopic (exact) mass is 388 g/mol. The first-order valence-electron chi connectivity index (χ1n) is 10.5. The van der Waals surface area contributed by atoms with E-state index in [4.69, 9.17) is 0 Å². The van der Waals surface area contributed by atoms with Gasteiger partial charge in [0.2, 0.25) is 5.91 Å². The molecule has 2 saturated carbocycles. The number of amides is 4. The molecule has 0 bridgehead atoms. The minimum atomic E-state index is -0.864. The van der Waals surface area contributed by atoms with Gasteiger partial charge in [0, 0.05) is 0 Å². The molecule has 2 N–H and O–H groups in total. The Hall–Kier alpha value is -2.10. The van der Waals surface area contributed by atoms with Crippen molar-refractivity contribution in [1.29, 1.82) is 5.26 Å². The van der Waals surface area contributed by atoms with Gasteiger partial charge in [-0.25, -0.2) is 4.79 Å². The average molecular weight is 389 g/mol. The van der Waals surface area contributed by atoms with Gasteiger partial charge in [-0.05, 0) is 49.9 Å². The summed E-state index contributed by atoms with van der Waals surface area (Å²) >= 11 is 0. The van der Waals surface area contributed by atoms with E-state index < -0.39 is 23.0 Å². The van der Waals surface area contributed by atoms with Crippen molar-refractivity contribution >= 4 is 17.8 Å². The second kappa shape index (κ2) is 7.38. The molecule has 28 heavy (non-hydrogen) atoms. The first-order chi connectivity index (χ1) is 13.1. The predicted octanol–water partition coefficient (Wildman–Crippen LogP) is 2.86. The van der Waals surface area contributed by atoms with Gasteiger partial charge in [0.05, 0.1) is 6.07 Å². The van der Waals surface area contributed by atoms with Crippen molar-refractivity contribution in [2.75, 3.05) is 6.54 Å². The molecule has 3 fully saturated rings. The SMILES string of the molecule is CC(C)(C)C1CCC2(CC1)NC(=O)N(CC(=O)NC1(C#N)CCCCC1)C2=O. The van der Waals surface area contributed by atoms with Gasteiger partial charge in [0.1, 0.15) is 17.6 Å². The summed E-state index contributed by atoms with van der Waals surface area (Å²) in [6, 6.07) is 1.74. The summed E-state index contributed by atoms with van der Waals surface area (Å²) in [6.07, 6.45) is 7.08. The van der Waals surface area contributed by atoms with E-state index in [1.165, 1.54) is 0 Å². The molecule has 0 aromatic carbocycles. The number of imide groups is 1. The molecule has 0 unspecified atom stereocenters. The van der Waals surface area contributed by atoms with Gasteiger partial charge in [-0.15, -0.1) is 0 Å². The van der Waals surface area contributed by atoms with Crippen LogP contribution in [0.1, 0.15) is 78.6 Å². The largest absolute Gasteiger partial charge is 0.336 e. The number of carbonyl (C=O) groups excluding carboxylic acids is 3. The Labute approximate surface area is 167 Å². The lowest BCUT2D eigenvalue weighted by atomic mass is 9.67. The highest BCUT2D eigenvalue weighted by Crippen LogP contribution is 2.43. The van der Waals surface area contributed by atoms with E-state index >= 15 is 0 Å². The van der Waals surface area contributed by atoms with Crippen LogP contribution in [0.15, 0.2) is 0 Å². The molecule has 1 saturated heterocycles. The Morgan fingerprint density at radius 1 is 1.18 bits per heavy atom. The third-order valence-electron chi connectivity index (χ3n) is 6.91. The fraction of sp³-hybridized carbons (Fsp3) is 0.810. The van der Waals surface area contributed by atoms with Crippen LogP contribution in [0.5, 0.6) is 0 Å². The Balaban J connectivity index is 1.63. The molecule has 1 aliphatic heterocycles. The van der Waals surface area contributed by atoms with Crippen LogP contribution < -0.4 is 10.6 Å². The van der Waals surface area contributed by atoms with E-state index in [9.17, 15) is 19.6 Å². The van der Waals surface area contributed by atoms with Gasteiger partial charge in [0.15, 0.2) is 0 Å². The number of nitriles is 1. The Bertz CT molecular complexity index is 689. The van der Waals surface area contributed by atoms with Gasteiger partial charge >= 0.3 is 6.03 Å². The standard InChI is InChI=1S/C21H32N4O3/c1-19(2,3)15-7-11-21(12-8-15)17(27)25(18(28)24-21)13-16(26)23-20(14-22)9-5-4-6-10-20/h15H,4-13H2,1-3H3,(H,23,26)(H,24,28). The summed E-state index contributed by atoms with van der Waals surface area (Å²) in [6.45, 7) is 6.30. The number of urea groups is 1. The van der Waals surface area contributed by atoms with Gasteiger partial charge in [-0.3, -0.25) is 14.5 Å². The molecule has 0 radical (unpaired) electrons. The Kier molecular flexibility index (Phi) is 5.44. The van der Waals surface area contributed by atoms with Crippen molar-refractivity contribution in [2.24, 2.45) is 11.3 Å². The Morgan fingerprint density at radius 3 is 2.32 bits per heavy atom. The van der Waals surface area contributed by atoms with Crippen molar-refractivity contribution in [3.63, 3.8) is 0 Å². The molecule has 0 aromatic rings. The molecule has 154 valence electrons. The zero-order chi connectivity index (χ0) is 20.6. The summed E-state index contributed by atoms with van der Waals surface area (Å²) in [5.41, 5.74) is -1.55. The fourth-order valence-corrected chi connectivity index (χ4v) is 5.01. The van der Waals surface area contributed by atoms with Crippen LogP contribution >= 0.6 is 0 Å². The smallest absolute Gasteiger partial charge is 0.325 e. The summed E-state index contributed by atoms with van der Waals surface area (Å²) in [4.78, 5) is 39.1. The topological polar surface area (TPSA) is 102 Å². The Morgan fingerprint density at radius 2 is 1.79 bits per heavy atom. The van der Waals surface area contributed by atoms with E-state index in [0.717, 1.165) is 37.0 Å². The zero-order valence-corrected chi connectivity index (χ0v) is 17.3. The van der Waals surface area contributed by atoms with Crippen LogP contribution in [0.25, 0.3) is 0 Å². The van der Waals surface area contributed by atoms with Crippen LogP contribution in [0.2, 0.25) is 0 Å². The maximum Gasteiger partial charge on any atom is 0.325 e. The molecular formula is C21H32N4O3. The summed E-state index contributed by atoms with van der Waals surface area (Å²) < 4.78 is 0. The van der Waals surface area contributed by atoms with E-state index in [-0.39, 0.29) is 17.9 Å². The molecule has 1 spiro atoms. The molecular weight excluding hydrogens is 356 g/mol. The highest BCUT2D eigenvalue weighted by Gasteiger charge is 2.53. The van der Waals surface area contributed by atoms with Crippen molar-refractivity contribution in [1.82, 2.24) is 15.5 Å². The zero-order valence-electron chi connectivity index (χ0n) is 17.3. The predicted molar refractivity (Wildman–Crippen MR) is 104 cm³/mol. The molecule has 2 aliphatic carbocycles. The van der Waals surface area contributed by atoms with E-state index in [1.54, 1.807) is 0 Å². The first kappa shape index (κ1) is 20.6. The highest BCUT2D eigenvalue weighted by molar-refractivity contribution is 6.09. The first-order valence-corrected chi connectivity index (χ1v) is 10.5. The molecule has 0 aromatic heterocycles. The van der Waals surface area contributed by atoms with Crippen LogP contribution in [-0.4, -0.2) is 40.4 Å². The lowest BCUT2D eigenvalue weighted by Crippen LogP contribution is -2.53. The second-order valence-corrected chi connectivity index (χ2v) is 9.85. The third kappa shape index (κ3) is 3.87. The summed E-state index contributed by atoms with van der Waals surface area (Å²) in [7, 11) is 0. The van der Waals surface area contributed by atoms with Gasteiger partial charge in [-0.1, -0.05) is 40.0 Å². The number of hydrogen-bond acceptors (Lipinski definition) is 4. The van der Waals surface area contributed by atoms with E-state index in [0.29, 0.717) is 31.6 Å². The number of hydrogen-bond donors (Lipinski definition) is 2. The normalized spacial score (nSPS) is 30.1. The van der Waals surface area contributed by atoms with Gasteiger partial charge < -0.3 is 10.6 Å². The van der Waals surface area contributed by atoms with E-state index in [1.807, 2.05) is 0 Å². The number of rotatable bonds is 3. The van der Waals surface area contributed by atoms with Crippen LogP contribution in [-0.2, 0) is 9.59 Å². The van der Waals surface area contributed by atoms with Gasteiger partial charge in [0.25, 0.3) is 5.91 Å². The molecule has 0 atom stereocenters. The molecule has 3 aliphatic rings. The third-order valence-corrected chi connectivity index (χ3v) is 6.91. The summed E-state index contributed by atoms with van der Waals surface area (Å²) in [5, 5.41) is 15.2. The maximum absolute atomic E-state index is 13.0. The highest BCUT2D eigenvalue weighted by atomic mass is 16.2. The van der Waals surface area contributed by atoms with E-state index in [2.05, 4.69) is 37.5 Å². The minimum Gasteiger partial charge on any atom is -0.336 e. The van der Waals surface area contributed by atoms with Crippen molar-refractivity contribution < 1.29 is 14.4 Å². The lowest BCUT2D eigenvalue weighted by molar-refractivity contribution is -0.136. The van der Waals surface area contributed by atoms with Gasteiger partial charge in [-0.2, -0.15) is 5.26 Å². The second-order valence-electron chi connectivity index (χ2n) is 9.85. The van der Waals surface area contributed by atoms with Crippen LogP contribution in [0.4, 0.5) is 4.79 Å². The molecule has 4 amide bonds. The quantitative estimate of drug-likeness (QED) is 0.726. The fourth-order valence-electron chi connectivity index (χ4n) is 5.01. The average Bonchev–Trinajstić information content (AvgIpc) is 2.86. The molecule has 7 heteroatoms. The molecule has 7 nitrogen and oxygen atoms in total. The lowest BCUT2D eigenvalue weighted by Gasteiger charge is -2.40. The van der Waals surface area contributed by atoms with Crippen LogP contribution in [0.3, 0.4) is 0 Å². The number of carbonyl (C=O) groups is 3.